The first kappa shape index (κ1) is 22.5. The summed E-state index contributed by atoms with van der Waals surface area (Å²) in [5, 5.41) is 1.99. The Morgan fingerprint density at radius 3 is 2.38 bits per heavy atom. The van der Waals surface area contributed by atoms with Crippen molar-refractivity contribution in [3.63, 3.8) is 0 Å². The quantitative estimate of drug-likeness (QED) is 0.661. The molecule has 148 valence electrons. The molecule has 0 aliphatic rings. The van der Waals surface area contributed by atoms with Gasteiger partial charge < -0.3 is 10.2 Å². The normalized spacial score (nSPS) is 12.3. The number of nitrogens with zero attached hydrogens (tertiary/aromatic N) is 2. The van der Waals surface area contributed by atoms with Crippen LogP contribution in [0.4, 0.5) is 18.9 Å². The predicted octanol–water partition coefficient (Wildman–Crippen LogP) is 2.19. The average molecular weight is 416 g/mol. The lowest BCUT2D eigenvalue weighted by molar-refractivity contribution is -0.137. The van der Waals surface area contributed by atoms with Gasteiger partial charge in [-0.25, -0.2) is 8.42 Å². The van der Waals surface area contributed by atoms with E-state index in [1.807, 2.05) is 19.0 Å². The number of hydrogen-bond acceptors (Lipinski definition) is 4. The summed E-state index contributed by atoms with van der Waals surface area (Å²) in [6.45, 7) is 0.422. The number of carbonyl (C=O) groups is 1. The van der Waals surface area contributed by atoms with Gasteiger partial charge in [0.15, 0.2) is 0 Å². The topological polar surface area (TPSA) is 69.7 Å². The molecule has 0 radical (unpaired) electrons. The largest absolute Gasteiger partial charge is 0.417 e. The highest BCUT2D eigenvalue weighted by Crippen LogP contribution is 2.37. The number of benzene rings is 1. The number of nitrogens with one attached hydrogen (secondary N) is 1. The maximum atomic E-state index is 13.0. The molecule has 6 nitrogen and oxygen atoms in total. The summed E-state index contributed by atoms with van der Waals surface area (Å²) >= 11 is 5.54. The zero-order valence-corrected chi connectivity index (χ0v) is 16.2. The summed E-state index contributed by atoms with van der Waals surface area (Å²) in [4.78, 5) is 13.9. The Morgan fingerprint density at radius 1 is 1.27 bits per heavy atom. The first-order valence-electron chi connectivity index (χ1n) is 7.58. The van der Waals surface area contributed by atoms with E-state index in [1.165, 1.54) is 0 Å². The van der Waals surface area contributed by atoms with Gasteiger partial charge in [-0.15, -0.1) is 0 Å². The summed E-state index contributed by atoms with van der Waals surface area (Å²) in [6, 6.07) is 2.69. The molecule has 0 atom stereocenters. The summed E-state index contributed by atoms with van der Waals surface area (Å²) in [5.41, 5.74) is -1.45. The van der Waals surface area contributed by atoms with Crippen LogP contribution in [0.25, 0.3) is 0 Å². The van der Waals surface area contributed by atoms with Crippen molar-refractivity contribution in [3.8, 4) is 0 Å². The van der Waals surface area contributed by atoms with Gasteiger partial charge in [-0.3, -0.25) is 9.10 Å². The second-order valence-electron chi connectivity index (χ2n) is 5.94. The molecule has 1 rings (SSSR count). The van der Waals surface area contributed by atoms with E-state index in [4.69, 9.17) is 11.6 Å². The molecule has 0 aliphatic heterocycles. The van der Waals surface area contributed by atoms with Gasteiger partial charge in [0.2, 0.25) is 15.9 Å². The van der Waals surface area contributed by atoms with E-state index in [9.17, 15) is 26.4 Å². The summed E-state index contributed by atoms with van der Waals surface area (Å²) in [7, 11) is -0.244. The number of halogens is 4. The lowest BCUT2D eigenvalue weighted by Gasteiger charge is -2.23. The predicted molar refractivity (Wildman–Crippen MR) is 94.8 cm³/mol. The minimum atomic E-state index is -4.75. The average Bonchev–Trinajstić information content (AvgIpc) is 2.47. The van der Waals surface area contributed by atoms with E-state index in [0.717, 1.165) is 24.9 Å². The van der Waals surface area contributed by atoms with Crippen molar-refractivity contribution in [1.29, 1.82) is 0 Å². The van der Waals surface area contributed by atoms with Crippen molar-refractivity contribution in [2.24, 2.45) is 0 Å². The van der Waals surface area contributed by atoms with Gasteiger partial charge in [0.05, 0.1) is 22.5 Å². The molecule has 1 aromatic rings. The van der Waals surface area contributed by atoms with E-state index in [-0.39, 0.29) is 5.69 Å². The smallest absolute Gasteiger partial charge is 0.354 e. The highest BCUT2D eigenvalue weighted by Gasteiger charge is 2.34. The molecule has 11 heteroatoms. The highest BCUT2D eigenvalue weighted by molar-refractivity contribution is 7.92. The number of sulfonamides is 1. The molecule has 0 saturated heterocycles. The SMILES string of the molecule is CN(C)CCCNC(=O)CN(c1ccc(Cl)c(C(F)(F)F)c1)S(C)(=O)=O. The van der Waals surface area contributed by atoms with E-state index in [2.05, 4.69) is 5.32 Å². The van der Waals surface area contributed by atoms with Crippen molar-refractivity contribution in [3.05, 3.63) is 28.8 Å². The Hall–Kier alpha value is -1.52. The highest BCUT2D eigenvalue weighted by atomic mass is 35.5. The minimum absolute atomic E-state index is 0.285. The fourth-order valence-electron chi connectivity index (χ4n) is 2.10. The number of amides is 1. The Balaban J connectivity index is 2.97. The van der Waals surface area contributed by atoms with Gasteiger partial charge in [0.25, 0.3) is 0 Å². The summed E-state index contributed by atoms with van der Waals surface area (Å²) in [5.74, 6) is -0.613. The van der Waals surface area contributed by atoms with Crippen LogP contribution in [0.15, 0.2) is 18.2 Å². The third kappa shape index (κ3) is 7.00. The van der Waals surface area contributed by atoms with Crippen LogP contribution in [0, 0.1) is 0 Å². The standard InChI is InChI=1S/C15H21ClF3N3O3S/c1-21(2)8-4-7-20-14(23)10-22(26(3,24)25)11-5-6-13(16)12(9-11)15(17,18)19/h5-6,9H,4,7-8,10H2,1-3H3,(H,20,23). The second kappa shape index (κ2) is 8.92. The van der Waals surface area contributed by atoms with Crippen molar-refractivity contribution in [2.45, 2.75) is 12.6 Å². The molecular weight excluding hydrogens is 395 g/mol. The van der Waals surface area contributed by atoms with Crippen molar-refractivity contribution >= 4 is 33.2 Å². The summed E-state index contributed by atoms with van der Waals surface area (Å²) in [6.07, 6.45) is -3.28. The number of hydrogen-bond donors (Lipinski definition) is 1. The molecule has 0 saturated carbocycles. The summed E-state index contributed by atoms with van der Waals surface area (Å²) < 4.78 is 63.5. The Labute approximate surface area is 156 Å². The van der Waals surface area contributed by atoms with Crippen LogP contribution in [0.2, 0.25) is 5.02 Å². The number of anilines is 1. The molecule has 26 heavy (non-hydrogen) atoms. The van der Waals surface area contributed by atoms with Gasteiger partial charge in [-0.2, -0.15) is 13.2 Å². The Morgan fingerprint density at radius 2 is 1.88 bits per heavy atom. The first-order chi connectivity index (χ1) is 11.8. The lowest BCUT2D eigenvalue weighted by atomic mass is 10.2. The number of rotatable bonds is 8. The van der Waals surface area contributed by atoms with Gasteiger partial charge in [0, 0.05) is 6.54 Å². The minimum Gasteiger partial charge on any atom is -0.354 e. The van der Waals surface area contributed by atoms with Crippen LogP contribution in [-0.4, -0.2) is 59.2 Å². The zero-order valence-electron chi connectivity index (χ0n) is 14.6. The van der Waals surface area contributed by atoms with E-state index >= 15 is 0 Å². The van der Waals surface area contributed by atoms with Crippen LogP contribution in [-0.2, 0) is 21.0 Å². The molecule has 0 unspecified atom stereocenters. The fourth-order valence-corrected chi connectivity index (χ4v) is 3.17. The Bertz CT molecular complexity index is 739. The maximum absolute atomic E-state index is 13.0. The molecule has 0 fully saturated rings. The van der Waals surface area contributed by atoms with Gasteiger partial charge >= 0.3 is 6.18 Å². The van der Waals surface area contributed by atoms with Gasteiger partial charge in [0.1, 0.15) is 6.54 Å². The first-order valence-corrected chi connectivity index (χ1v) is 9.81. The van der Waals surface area contributed by atoms with Crippen molar-refractivity contribution in [2.75, 3.05) is 44.3 Å². The van der Waals surface area contributed by atoms with E-state index < -0.39 is 39.2 Å². The maximum Gasteiger partial charge on any atom is 0.417 e. The van der Waals surface area contributed by atoms with Crippen LogP contribution >= 0.6 is 11.6 Å². The third-order valence-electron chi connectivity index (χ3n) is 3.34. The molecule has 0 bridgehead atoms. The van der Waals surface area contributed by atoms with Gasteiger partial charge in [-0.1, -0.05) is 11.6 Å². The van der Waals surface area contributed by atoms with Gasteiger partial charge in [-0.05, 0) is 45.3 Å². The molecule has 0 aromatic heterocycles. The van der Waals surface area contributed by atoms with Crippen LogP contribution in [0.1, 0.15) is 12.0 Å². The molecule has 1 amide bonds. The molecule has 0 spiro atoms. The van der Waals surface area contributed by atoms with E-state index in [0.29, 0.717) is 23.3 Å². The second-order valence-corrected chi connectivity index (χ2v) is 8.25. The van der Waals surface area contributed by atoms with Crippen LogP contribution < -0.4 is 9.62 Å². The molecule has 1 N–H and O–H groups in total. The monoisotopic (exact) mass is 415 g/mol. The molecule has 0 heterocycles. The van der Waals surface area contributed by atoms with Crippen LogP contribution in [0.5, 0.6) is 0 Å². The van der Waals surface area contributed by atoms with Crippen molar-refractivity contribution in [1.82, 2.24) is 10.2 Å². The molecule has 0 aliphatic carbocycles. The number of alkyl halides is 3. The van der Waals surface area contributed by atoms with Crippen molar-refractivity contribution < 1.29 is 26.4 Å². The molecular formula is C15H21ClF3N3O3S. The van der Waals surface area contributed by atoms with Crippen LogP contribution in [0.3, 0.4) is 0 Å². The number of carbonyl (C=O) groups excluding carboxylic acids is 1. The zero-order chi connectivity index (χ0) is 20.1. The Kier molecular flexibility index (Phi) is 7.72. The lowest BCUT2D eigenvalue weighted by Crippen LogP contribution is -2.41. The fraction of sp³-hybridized carbons (Fsp3) is 0.533. The third-order valence-corrected chi connectivity index (χ3v) is 4.81. The molecule has 1 aromatic carbocycles. The van der Waals surface area contributed by atoms with E-state index in [1.54, 1.807) is 0 Å².